The second-order valence-corrected chi connectivity index (χ2v) is 5.80. The lowest BCUT2D eigenvalue weighted by atomic mass is 10.1. The summed E-state index contributed by atoms with van der Waals surface area (Å²) >= 11 is 0. The number of nitrogens with zero attached hydrogens (tertiary/aromatic N) is 5. The molecule has 0 bridgehead atoms. The van der Waals surface area contributed by atoms with Gasteiger partial charge in [0, 0.05) is 11.6 Å². The molecular formula is C16H17N5O. The van der Waals surface area contributed by atoms with Crippen LogP contribution in [0.3, 0.4) is 0 Å². The topological polar surface area (TPSA) is 69.6 Å². The van der Waals surface area contributed by atoms with Crippen molar-refractivity contribution in [3.8, 4) is 5.69 Å². The maximum atomic E-state index is 5.40. The summed E-state index contributed by atoms with van der Waals surface area (Å²) in [6.07, 6.45) is 4.75. The highest BCUT2D eigenvalue weighted by Gasteiger charge is 2.32. The smallest absolute Gasteiger partial charge is 0.229 e. The summed E-state index contributed by atoms with van der Waals surface area (Å²) in [6.45, 7) is 2.15. The molecule has 1 aliphatic carbocycles. The summed E-state index contributed by atoms with van der Waals surface area (Å²) in [5, 5.41) is 12.3. The Bertz CT molecular complexity index is 760. The van der Waals surface area contributed by atoms with E-state index in [2.05, 4.69) is 27.3 Å². The minimum Gasteiger partial charge on any atom is -0.339 e. The zero-order chi connectivity index (χ0) is 14.9. The Morgan fingerprint density at radius 1 is 1.27 bits per heavy atom. The van der Waals surface area contributed by atoms with Crippen LogP contribution in [0.4, 0.5) is 0 Å². The van der Waals surface area contributed by atoms with Crippen molar-refractivity contribution in [2.24, 2.45) is 5.92 Å². The van der Waals surface area contributed by atoms with Crippen molar-refractivity contribution in [1.29, 1.82) is 0 Å². The molecule has 1 aromatic carbocycles. The lowest BCUT2D eigenvalue weighted by Gasteiger charge is -2.04. The van der Waals surface area contributed by atoms with E-state index in [-0.39, 0.29) is 0 Å². The summed E-state index contributed by atoms with van der Waals surface area (Å²) in [5.74, 6) is 3.27. The van der Waals surface area contributed by atoms with E-state index in [9.17, 15) is 0 Å². The highest BCUT2D eigenvalue weighted by atomic mass is 16.5. The molecule has 0 radical (unpaired) electrons. The Kier molecular flexibility index (Phi) is 3.21. The Morgan fingerprint density at radius 2 is 2.09 bits per heavy atom. The van der Waals surface area contributed by atoms with Crippen LogP contribution in [0.2, 0.25) is 0 Å². The molecule has 6 heteroatoms. The van der Waals surface area contributed by atoms with Crippen LogP contribution in [0.1, 0.15) is 43.2 Å². The molecule has 0 aliphatic heterocycles. The Hall–Kier alpha value is -2.50. The van der Waals surface area contributed by atoms with Gasteiger partial charge in [-0.25, -0.2) is 0 Å². The van der Waals surface area contributed by atoms with Crippen LogP contribution in [-0.4, -0.2) is 24.9 Å². The predicted octanol–water partition coefficient (Wildman–Crippen LogP) is 2.75. The van der Waals surface area contributed by atoms with Crippen LogP contribution in [0, 0.1) is 5.92 Å². The van der Waals surface area contributed by atoms with Crippen molar-refractivity contribution in [3.63, 3.8) is 0 Å². The number of aromatic nitrogens is 5. The molecule has 22 heavy (non-hydrogen) atoms. The molecule has 1 atom stereocenters. The fourth-order valence-corrected chi connectivity index (χ4v) is 2.65. The van der Waals surface area contributed by atoms with Gasteiger partial charge in [0.1, 0.15) is 12.2 Å². The molecule has 0 amide bonds. The molecule has 2 aromatic heterocycles. The number of hydrogen-bond donors (Lipinski definition) is 0. The van der Waals surface area contributed by atoms with Crippen LogP contribution in [-0.2, 0) is 6.42 Å². The first kappa shape index (κ1) is 13.2. The van der Waals surface area contributed by atoms with Crippen LogP contribution in [0.5, 0.6) is 0 Å². The summed E-state index contributed by atoms with van der Waals surface area (Å²) < 4.78 is 7.35. The largest absolute Gasteiger partial charge is 0.339 e. The second-order valence-electron chi connectivity index (χ2n) is 5.80. The van der Waals surface area contributed by atoms with Gasteiger partial charge in [0.25, 0.3) is 0 Å². The molecular weight excluding hydrogens is 278 g/mol. The molecule has 112 valence electrons. The molecule has 1 fully saturated rings. The van der Waals surface area contributed by atoms with E-state index in [1.54, 1.807) is 6.33 Å². The first-order valence-corrected chi connectivity index (χ1v) is 7.58. The number of hydrogen-bond acceptors (Lipinski definition) is 5. The van der Waals surface area contributed by atoms with Crippen molar-refractivity contribution < 1.29 is 4.52 Å². The monoisotopic (exact) mass is 295 g/mol. The van der Waals surface area contributed by atoms with Gasteiger partial charge in [0.15, 0.2) is 5.82 Å². The van der Waals surface area contributed by atoms with Gasteiger partial charge in [-0.05, 0) is 30.9 Å². The van der Waals surface area contributed by atoms with E-state index in [0.29, 0.717) is 24.1 Å². The minimum absolute atomic E-state index is 0.355. The van der Waals surface area contributed by atoms with E-state index in [4.69, 9.17) is 4.52 Å². The highest BCUT2D eigenvalue weighted by Crippen LogP contribution is 2.41. The van der Waals surface area contributed by atoms with Gasteiger partial charge in [-0.1, -0.05) is 30.3 Å². The molecule has 1 saturated carbocycles. The Balaban J connectivity index is 1.56. The van der Waals surface area contributed by atoms with Crippen molar-refractivity contribution >= 4 is 0 Å². The van der Waals surface area contributed by atoms with Crippen LogP contribution >= 0.6 is 0 Å². The average Bonchev–Trinajstić information content (AvgIpc) is 3.13. The molecule has 3 aromatic rings. The Labute approximate surface area is 128 Å². The van der Waals surface area contributed by atoms with Crippen molar-refractivity contribution in [3.05, 3.63) is 54.2 Å². The molecule has 4 rings (SSSR count). The van der Waals surface area contributed by atoms with Gasteiger partial charge in [0.2, 0.25) is 5.89 Å². The van der Waals surface area contributed by atoms with Crippen molar-refractivity contribution in [2.45, 2.75) is 32.1 Å². The van der Waals surface area contributed by atoms with E-state index >= 15 is 0 Å². The summed E-state index contributed by atoms with van der Waals surface area (Å²) in [6, 6.07) is 10.00. The van der Waals surface area contributed by atoms with Crippen LogP contribution in [0.15, 0.2) is 41.2 Å². The van der Waals surface area contributed by atoms with E-state index < -0.39 is 0 Å². The third kappa shape index (κ3) is 2.52. The van der Waals surface area contributed by atoms with Crippen LogP contribution < -0.4 is 0 Å². The number of benzene rings is 1. The quantitative estimate of drug-likeness (QED) is 0.724. The zero-order valence-electron chi connectivity index (χ0n) is 12.4. The number of rotatable bonds is 5. The van der Waals surface area contributed by atoms with Gasteiger partial charge in [-0.2, -0.15) is 4.98 Å². The maximum absolute atomic E-state index is 5.40. The maximum Gasteiger partial charge on any atom is 0.229 e. The first-order valence-electron chi connectivity index (χ1n) is 7.58. The molecule has 0 N–H and O–H groups in total. The van der Waals surface area contributed by atoms with Gasteiger partial charge in [-0.3, -0.25) is 4.57 Å². The molecule has 6 nitrogen and oxygen atoms in total. The predicted molar refractivity (Wildman–Crippen MR) is 79.6 cm³/mol. The lowest BCUT2D eigenvalue weighted by molar-refractivity contribution is 0.345. The van der Waals surface area contributed by atoms with Crippen LogP contribution in [0.25, 0.3) is 5.69 Å². The van der Waals surface area contributed by atoms with Crippen molar-refractivity contribution in [2.75, 3.05) is 0 Å². The van der Waals surface area contributed by atoms with Gasteiger partial charge in [-0.15, -0.1) is 10.2 Å². The van der Waals surface area contributed by atoms with Gasteiger partial charge < -0.3 is 4.52 Å². The molecule has 1 unspecified atom stereocenters. The Morgan fingerprint density at radius 3 is 2.86 bits per heavy atom. The average molecular weight is 295 g/mol. The third-order valence-corrected chi connectivity index (χ3v) is 4.17. The summed E-state index contributed by atoms with van der Waals surface area (Å²) in [4.78, 5) is 4.52. The van der Waals surface area contributed by atoms with E-state index in [1.165, 1.54) is 12.8 Å². The normalized spacial score (nSPS) is 15.9. The van der Waals surface area contributed by atoms with E-state index in [0.717, 1.165) is 17.4 Å². The fourth-order valence-electron chi connectivity index (χ4n) is 2.65. The highest BCUT2D eigenvalue weighted by molar-refractivity contribution is 5.32. The summed E-state index contributed by atoms with van der Waals surface area (Å²) in [5.41, 5.74) is 1.03. The van der Waals surface area contributed by atoms with E-state index in [1.807, 2.05) is 34.9 Å². The molecule has 0 saturated heterocycles. The zero-order valence-corrected chi connectivity index (χ0v) is 12.4. The first-order chi connectivity index (χ1) is 10.8. The SMILES string of the molecule is CC(c1nc(Cc2nncn2-c2ccccc2)no1)C1CC1. The molecule has 2 heterocycles. The minimum atomic E-state index is 0.355. The third-order valence-electron chi connectivity index (χ3n) is 4.17. The number of para-hydroxylation sites is 1. The molecule has 0 spiro atoms. The van der Waals surface area contributed by atoms with Crippen molar-refractivity contribution in [1.82, 2.24) is 24.9 Å². The lowest BCUT2D eigenvalue weighted by Crippen LogP contribution is -2.03. The summed E-state index contributed by atoms with van der Waals surface area (Å²) in [7, 11) is 0. The standard InChI is InChI=1S/C16H17N5O/c1-11(12-7-8-12)16-18-14(20-22-16)9-15-19-17-10-21(15)13-5-3-2-4-6-13/h2-6,10-12H,7-9H2,1H3. The van der Waals surface area contributed by atoms with Gasteiger partial charge >= 0.3 is 0 Å². The van der Waals surface area contributed by atoms with Gasteiger partial charge in [0.05, 0.1) is 6.42 Å². The molecule has 1 aliphatic rings. The fraction of sp³-hybridized carbons (Fsp3) is 0.375. The second kappa shape index (κ2) is 5.36.